The van der Waals surface area contributed by atoms with Crippen LogP contribution in [0.25, 0.3) is 0 Å². The summed E-state index contributed by atoms with van der Waals surface area (Å²) < 4.78 is 0. The van der Waals surface area contributed by atoms with Crippen molar-refractivity contribution in [1.82, 2.24) is 9.97 Å². The van der Waals surface area contributed by atoms with Gasteiger partial charge in [-0.25, -0.2) is 9.97 Å². The number of anilines is 2. The summed E-state index contributed by atoms with van der Waals surface area (Å²) >= 11 is 0. The Labute approximate surface area is 115 Å². The van der Waals surface area contributed by atoms with Gasteiger partial charge in [-0.15, -0.1) is 0 Å². The van der Waals surface area contributed by atoms with E-state index >= 15 is 0 Å². The number of nitrogens with zero attached hydrogens (tertiary/aromatic N) is 2. The summed E-state index contributed by atoms with van der Waals surface area (Å²) in [7, 11) is 1.92. The molecule has 0 spiro atoms. The first-order valence-electron chi connectivity index (χ1n) is 7.50. The van der Waals surface area contributed by atoms with E-state index in [-0.39, 0.29) is 0 Å². The Hall–Kier alpha value is -1.32. The van der Waals surface area contributed by atoms with Gasteiger partial charge in [0.2, 0.25) is 0 Å². The van der Waals surface area contributed by atoms with Crippen LogP contribution in [0.4, 0.5) is 11.6 Å². The Kier molecular flexibility index (Phi) is 3.33. The zero-order chi connectivity index (χ0) is 13.4. The van der Waals surface area contributed by atoms with Crippen LogP contribution in [0.3, 0.4) is 0 Å². The molecular formula is C15H24N4. The molecule has 4 heteroatoms. The second-order valence-electron chi connectivity index (χ2n) is 6.19. The molecule has 0 radical (unpaired) electrons. The maximum atomic E-state index is 4.70. The lowest BCUT2D eigenvalue weighted by Gasteiger charge is -2.20. The molecule has 0 saturated heterocycles. The van der Waals surface area contributed by atoms with Crippen molar-refractivity contribution in [2.24, 2.45) is 11.8 Å². The molecule has 2 saturated carbocycles. The van der Waals surface area contributed by atoms with E-state index in [1.807, 2.05) is 13.1 Å². The molecule has 2 N–H and O–H groups in total. The molecule has 4 nitrogen and oxygen atoms in total. The lowest BCUT2D eigenvalue weighted by molar-refractivity contribution is 0.435. The Morgan fingerprint density at radius 1 is 1.05 bits per heavy atom. The summed E-state index contributed by atoms with van der Waals surface area (Å²) in [6.07, 6.45) is 5.05. The molecular weight excluding hydrogens is 236 g/mol. The number of aromatic nitrogens is 2. The fraction of sp³-hybridized carbons (Fsp3) is 0.733. The van der Waals surface area contributed by atoms with Crippen molar-refractivity contribution in [3.63, 3.8) is 0 Å². The van der Waals surface area contributed by atoms with Gasteiger partial charge in [-0.2, -0.15) is 0 Å². The van der Waals surface area contributed by atoms with Gasteiger partial charge in [0, 0.05) is 25.1 Å². The van der Waals surface area contributed by atoms with Crippen LogP contribution < -0.4 is 10.6 Å². The van der Waals surface area contributed by atoms with Gasteiger partial charge >= 0.3 is 0 Å². The third-order valence-corrected chi connectivity index (χ3v) is 4.74. The standard InChI is InChI=1S/C15H24N4/c1-9-4-7-12(10(9)2)17-14-8-13(16-3)18-15(19-14)11-5-6-11/h8-12H,4-7H2,1-3H3,(H2,16,17,18,19). The smallest absolute Gasteiger partial charge is 0.136 e. The zero-order valence-electron chi connectivity index (χ0n) is 12.1. The highest BCUT2D eigenvalue weighted by Crippen LogP contribution is 2.39. The fourth-order valence-corrected chi connectivity index (χ4v) is 2.95. The normalized spacial score (nSPS) is 30.4. The molecule has 3 rings (SSSR count). The minimum absolute atomic E-state index is 0.557. The van der Waals surface area contributed by atoms with Gasteiger partial charge in [0.25, 0.3) is 0 Å². The third kappa shape index (κ3) is 2.67. The van der Waals surface area contributed by atoms with E-state index in [0.29, 0.717) is 12.0 Å². The second-order valence-corrected chi connectivity index (χ2v) is 6.19. The van der Waals surface area contributed by atoms with Crippen molar-refractivity contribution in [2.45, 2.75) is 51.5 Å². The number of hydrogen-bond acceptors (Lipinski definition) is 4. The Morgan fingerprint density at radius 3 is 2.37 bits per heavy atom. The summed E-state index contributed by atoms with van der Waals surface area (Å²) in [4.78, 5) is 9.26. The minimum atomic E-state index is 0.557. The van der Waals surface area contributed by atoms with Gasteiger partial charge < -0.3 is 10.6 Å². The van der Waals surface area contributed by atoms with Crippen LogP contribution in [0, 0.1) is 11.8 Å². The van der Waals surface area contributed by atoms with E-state index in [2.05, 4.69) is 29.5 Å². The Bertz CT molecular complexity index is 455. The average Bonchev–Trinajstić information content (AvgIpc) is 3.22. The maximum Gasteiger partial charge on any atom is 0.136 e. The average molecular weight is 260 g/mol. The van der Waals surface area contributed by atoms with Gasteiger partial charge in [-0.1, -0.05) is 13.8 Å². The number of rotatable bonds is 4. The predicted molar refractivity (Wildman–Crippen MR) is 78.5 cm³/mol. The third-order valence-electron chi connectivity index (χ3n) is 4.74. The van der Waals surface area contributed by atoms with Gasteiger partial charge in [-0.3, -0.25) is 0 Å². The molecule has 0 aromatic carbocycles. The quantitative estimate of drug-likeness (QED) is 0.872. The molecule has 2 aliphatic carbocycles. The molecule has 0 aliphatic heterocycles. The number of hydrogen-bond donors (Lipinski definition) is 2. The maximum absolute atomic E-state index is 4.70. The fourth-order valence-electron chi connectivity index (χ4n) is 2.95. The van der Waals surface area contributed by atoms with Crippen molar-refractivity contribution < 1.29 is 0 Å². The second kappa shape index (κ2) is 4.99. The van der Waals surface area contributed by atoms with Crippen molar-refractivity contribution in [3.8, 4) is 0 Å². The van der Waals surface area contributed by atoms with Gasteiger partial charge in [0.15, 0.2) is 0 Å². The first-order valence-corrected chi connectivity index (χ1v) is 7.50. The van der Waals surface area contributed by atoms with Crippen LogP contribution in [0.15, 0.2) is 6.07 Å². The first kappa shape index (κ1) is 12.7. The van der Waals surface area contributed by atoms with E-state index in [1.54, 1.807) is 0 Å². The summed E-state index contributed by atoms with van der Waals surface area (Å²) in [5.74, 6) is 5.05. The van der Waals surface area contributed by atoms with Crippen molar-refractivity contribution in [1.29, 1.82) is 0 Å². The molecule has 2 aliphatic rings. The van der Waals surface area contributed by atoms with Crippen molar-refractivity contribution in [2.75, 3.05) is 17.7 Å². The molecule has 19 heavy (non-hydrogen) atoms. The monoisotopic (exact) mass is 260 g/mol. The minimum Gasteiger partial charge on any atom is -0.373 e. The molecule has 0 bridgehead atoms. The summed E-state index contributed by atoms with van der Waals surface area (Å²) in [6.45, 7) is 4.69. The largest absolute Gasteiger partial charge is 0.373 e. The summed E-state index contributed by atoms with van der Waals surface area (Å²) in [5.41, 5.74) is 0. The van der Waals surface area contributed by atoms with E-state index < -0.39 is 0 Å². The molecule has 0 amide bonds. The van der Waals surface area contributed by atoms with Crippen LogP contribution >= 0.6 is 0 Å². The van der Waals surface area contributed by atoms with Crippen LogP contribution in [-0.2, 0) is 0 Å². The molecule has 1 aromatic heterocycles. The lowest BCUT2D eigenvalue weighted by Crippen LogP contribution is -2.25. The first-order chi connectivity index (χ1) is 9.17. The number of nitrogens with one attached hydrogen (secondary N) is 2. The van der Waals surface area contributed by atoms with Gasteiger partial charge in [0.05, 0.1) is 0 Å². The lowest BCUT2D eigenvalue weighted by atomic mass is 9.98. The zero-order valence-corrected chi connectivity index (χ0v) is 12.1. The van der Waals surface area contributed by atoms with E-state index in [0.717, 1.165) is 29.3 Å². The molecule has 3 unspecified atom stereocenters. The van der Waals surface area contributed by atoms with Crippen molar-refractivity contribution >= 4 is 11.6 Å². The van der Waals surface area contributed by atoms with Gasteiger partial charge in [0.1, 0.15) is 17.5 Å². The van der Waals surface area contributed by atoms with Gasteiger partial charge in [-0.05, 0) is 37.5 Å². The SMILES string of the molecule is CNc1cc(NC2CCC(C)C2C)nc(C2CC2)n1. The van der Waals surface area contributed by atoms with E-state index in [4.69, 9.17) is 4.98 Å². The van der Waals surface area contributed by atoms with Crippen LogP contribution in [0.2, 0.25) is 0 Å². The Morgan fingerprint density at radius 2 is 1.79 bits per heavy atom. The highest BCUT2D eigenvalue weighted by molar-refractivity contribution is 5.48. The van der Waals surface area contributed by atoms with E-state index in [1.165, 1.54) is 25.7 Å². The molecule has 104 valence electrons. The summed E-state index contributed by atoms with van der Waals surface area (Å²) in [6, 6.07) is 2.59. The Balaban J connectivity index is 1.78. The molecule has 1 heterocycles. The van der Waals surface area contributed by atoms with Crippen molar-refractivity contribution in [3.05, 3.63) is 11.9 Å². The van der Waals surface area contributed by atoms with E-state index in [9.17, 15) is 0 Å². The highest BCUT2D eigenvalue weighted by atomic mass is 15.1. The van der Waals surface area contributed by atoms with Crippen LogP contribution in [0.5, 0.6) is 0 Å². The van der Waals surface area contributed by atoms with Crippen LogP contribution in [0.1, 0.15) is 51.3 Å². The predicted octanol–water partition coefficient (Wildman–Crippen LogP) is 3.24. The molecule has 1 aromatic rings. The highest BCUT2D eigenvalue weighted by Gasteiger charge is 2.31. The van der Waals surface area contributed by atoms with Crippen LogP contribution in [-0.4, -0.2) is 23.1 Å². The molecule has 3 atom stereocenters. The topological polar surface area (TPSA) is 49.8 Å². The molecule has 2 fully saturated rings. The summed E-state index contributed by atoms with van der Waals surface area (Å²) in [5, 5.41) is 6.77.